The van der Waals surface area contributed by atoms with Gasteiger partial charge in [0.1, 0.15) is 0 Å². The molecule has 1 aliphatic rings. The van der Waals surface area contributed by atoms with Gasteiger partial charge in [-0.25, -0.2) is 0 Å². The Balaban J connectivity index is 2.18. The first-order chi connectivity index (χ1) is 8.05. The van der Waals surface area contributed by atoms with Gasteiger partial charge in [-0.15, -0.1) is 0 Å². The molecular formula is C16H24O. The molecule has 1 aromatic carbocycles. The Labute approximate surface area is 105 Å². The second-order valence-electron chi connectivity index (χ2n) is 5.60. The summed E-state index contributed by atoms with van der Waals surface area (Å²) in [6.07, 6.45) is 5.23. The van der Waals surface area contributed by atoms with Crippen LogP contribution in [0.15, 0.2) is 18.2 Å². The van der Waals surface area contributed by atoms with Crippen LogP contribution >= 0.6 is 0 Å². The minimum atomic E-state index is -0.0572. The van der Waals surface area contributed by atoms with E-state index < -0.39 is 0 Å². The molecule has 1 nitrogen and oxygen atoms in total. The van der Waals surface area contributed by atoms with E-state index in [0.29, 0.717) is 6.10 Å². The normalized spacial score (nSPS) is 28.6. The molecular weight excluding hydrogens is 208 g/mol. The van der Waals surface area contributed by atoms with Crippen molar-refractivity contribution in [3.05, 3.63) is 34.9 Å². The molecule has 0 radical (unpaired) electrons. The average molecular weight is 232 g/mol. The SMILES string of the molecule is CCC[C@@H]1CC[C@](C)(c2ccc(C)c(C)c2)O1. The lowest BCUT2D eigenvalue weighted by molar-refractivity contribution is -0.0353. The van der Waals surface area contributed by atoms with Gasteiger partial charge in [-0.1, -0.05) is 31.5 Å². The molecule has 2 rings (SSSR count). The summed E-state index contributed by atoms with van der Waals surface area (Å²) < 4.78 is 6.27. The van der Waals surface area contributed by atoms with Crippen molar-refractivity contribution in [3.63, 3.8) is 0 Å². The lowest BCUT2D eigenvalue weighted by Crippen LogP contribution is -2.22. The van der Waals surface area contributed by atoms with Crippen molar-refractivity contribution < 1.29 is 4.74 Å². The highest BCUT2D eigenvalue weighted by Gasteiger charge is 2.36. The van der Waals surface area contributed by atoms with E-state index in [4.69, 9.17) is 4.74 Å². The Morgan fingerprint density at radius 1 is 1.29 bits per heavy atom. The third-order valence-electron chi connectivity index (χ3n) is 4.10. The highest BCUT2D eigenvalue weighted by Crippen LogP contribution is 2.40. The summed E-state index contributed by atoms with van der Waals surface area (Å²) in [6.45, 7) is 8.82. The highest BCUT2D eigenvalue weighted by atomic mass is 16.5. The van der Waals surface area contributed by atoms with Crippen LogP contribution in [0.5, 0.6) is 0 Å². The van der Waals surface area contributed by atoms with E-state index in [1.54, 1.807) is 0 Å². The molecule has 1 saturated heterocycles. The third-order valence-corrected chi connectivity index (χ3v) is 4.10. The van der Waals surface area contributed by atoms with Crippen LogP contribution in [0.3, 0.4) is 0 Å². The van der Waals surface area contributed by atoms with E-state index in [0.717, 1.165) is 6.42 Å². The lowest BCUT2D eigenvalue weighted by Gasteiger charge is -2.26. The predicted molar refractivity (Wildman–Crippen MR) is 72.3 cm³/mol. The van der Waals surface area contributed by atoms with Gasteiger partial charge < -0.3 is 4.74 Å². The molecule has 2 atom stereocenters. The smallest absolute Gasteiger partial charge is 0.0908 e. The van der Waals surface area contributed by atoms with E-state index in [2.05, 4.69) is 45.9 Å². The molecule has 0 unspecified atom stereocenters. The van der Waals surface area contributed by atoms with Gasteiger partial charge in [-0.05, 0) is 56.7 Å². The fourth-order valence-corrected chi connectivity index (χ4v) is 2.73. The Morgan fingerprint density at radius 2 is 2.06 bits per heavy atom. The maximum absolute atomic E-state index is 6.27. The first-order valence-corrected chi connectivity index (χ1v) is 6.81. The van der Waals surface area contributed by atoms with E-state index >= 15 is 0 Å². The van der Waals surface area contributed by atoms with E-state index in [1.165, 1.54) is 36.0 Å². The number of hydrogen-bond donors (Lipinski definition) is 0. The van der Waals surface area contributed by atoms with Crippen molar-refractivity contribution in [1.29, 1.82) is 0 Å². The summed E-state index contributed by atoms with van der Waals surface area (Å²) >= 11 is 0. The van der Waals surface area contributed by atoms with Crippen molar-refractivity contribution in [3.8, 4) is 0 Å². The second kappa shape index (κ2) is 4.81. The van der Waals surface area contributed by atoms with Gasteiger partial charge in [-0.3, -0.25) is 0 Å². The van der Waals surface area contributed by atoms with Crippen molar-refractivity contribution in [2.24, 2.45) is 0 Å². The molecule has 94 valence electrons. The Morgan fingerprint density at radius 3 is 2.71 bits per heavy atom. The Hall–Kier alpha value is -0.820. The van der Waals surface area contributed by atoms with E-state index in [1.807, 2.05) is 0 Å². The zero-order valence-electron chi connectivity index (χ0n) is 11.5. The molecule has 1 aromatic rings. The maximum Gasteiger partial charge on any atom is 0.0908 e. The molecule has 0 amide bonds. The van der Waals surface area contributed by atoms with Crippen LogP contribution in [-0.4, -0.2) is 6.10 Å². The third kappa shape index (κ3) is 2.55. The Kier molecular flexibility index (Phi) is 3.58. The highest BCUT2D eigenvalue weighted by molar-refractivity contribution is 5.33. The molecule has 0 aromatic heterocycles. The topological polar surface area (TPSA) is 9.23 Å². The maximum atomic E-state index is 6.27. The first-order valence-electron chi connectivity index (χ1n) is 6.81. The van der Waals surface area contributed by atoms with Crippen LogP contribution in [0.2, 0.25) is 0 Å². The fraction of sp³-hybridized carbons (Fsp3) is 0.625. The summed E-state index contributed by atoms with van der Waals surface area (Å²) in [5.74, 6) is 0. The number of aryl methyl sites for hydroxylation is 2. The van der Waals surface area contributed by atoms with Crippen LogP contribution in [0.25, 0.3) is 0 Å². The lowest BCUT2D eigenvalue weighted by atomic mass is 9.90. The monoisotopic (exact) mass is 232 g/mol. The molecule has 1 fully saturated rings. The summed E-state index contributed by atoms with van der Waals surface area (Å²) in [4.78, 5) is 0. The second-order valence-corrected chi connectivity index (χ2v) is 5.60. The summed E-state index contributed by atoms with van der Waals surface area (Å²) in [6, 6.07) is 6.74. The quantitative estimate of drug-likeness (QED) is 0.745. The van der Waals surface area contributed by atoms with Gasteiger partial charge in [0.25, 0.3) is 0 Å². The van der Waals surface area contributed by atoms with Crippen molar-refractivity contribution in [2.75, 3.05) is 0 Å². The minimum absolute atomic E-state index is 0.0572. The summed E-state index contributed by atoms with van der Waals surface area (Å²) in [5, 5.41) is 0. The van der Waals surface area contributed by atoms with Gasteiger partial charge in [0.15, 0.2) is 0 Å². The standard InChI is InChI=1S/C16H24O/c1-5-6-15-9-10-16(4,17-15)14-8-7-12(2)13(3)11-14/h7-8,11,15H,5-6,9-10H2,1-4H3/t15-,16-/m1/s1. The van der Waals surface area contributed by atoms with Crippen molar-refractivity contribution in [1.82, 2.24) is 0 Å². The number of benzene rings is 1. The molecule has 17 heavy (non-hydrogen) atoms. The van der Waals surface area contributed by atoms with Crippen molar-refractivity contribution in [2.45, 2.75) is 65.1 Å². The first kappa shape index (κ1) is 12.6. The van der Waals surface area contributed by atoms with Crippen LogP contribution < -0.4 is 0 Å². The molecule has 0 N–H and O–H groups in total. The molecule has 1 heteroatoms. The van der Waals surface area contributed by atoms with Crippen molar-refractivity contribution >= 4 is 0 Å². The molecule has 0 aliphatic carbocycles. The molecule has 0 saturated carbocycles. The van der Waals surface area contributed by atoms with Crippen LogP contribution in [-0.2, 0) is 10.3 Å². The van der Waals surface area contributed by atoms with Gasteiger partial charge in [0.2, 0.25) is 0 Å². The summed E-state index contributed by atoms with van der Waals surface area (Å²) in [5.41, 5.74) is 4.02. The zero-order valence-corrected chi connectivity index (χ0v) is 11.5. The molecule has 0 bridgehead atoms. The van der Waals surface area contributed by atoms with Gasteiger partial charge in [0.05, 0.1) is 11.7 Å². The van der Waals surface area contributed by atoms with Crippen LogP contribution in [0.1, 0.15) is 56.2 Å². The van der Waals surface area contributed by atoms with Crippen LogP contribution in [0.4, 0.5) is 0 Å². The average Bonchev–Trinajstić information content (AvgIpc) is 2.66. The van der Waals surface area contributed by atoms with Gasteiger partial charge in [-0.2, -0.15) is 0 Å². The number of ether oxygens (including phenoxy) is 1. The van der Waals surface area contributed by atoms with Gasteiger partial charge in [0, 0.05) is 0 Å². The predicted octanol–water partition coefficient (Wildman–Crippen LogP) is 4.50. The van der Waals surface area contributed by atoms with E-state index in [-0.39, 0.29) is 5.60 Å². The molecule has 1 heterocycles. The number of rotatable bonds is 3. The zero-order chi connectivity index (χ0) is 12.5. The largest absolute Gasteiger partial charge is 0.367 e. The molecule has 0 spiro atoms. The van der Waals surface area contributed by atoms with E-state index in [9.17, 15) is 0 Å². The number of hydrogen-bond acceptors (Lipinski definition) is 1. The Bertz CT molecular complexity index is 397. The fourth-order valence-electron chi connectivity index (χ4n) is 2.73. The minimum Gasteiger partial charge on any atom is -0.367 e. The summed E-state index contributed by atoms with van der Waals surface area (Å²) in [7, 11) is 0. The van der Waals surface area contributed by atoms with Crippen LogP contribution in [0, 0.1) is 13.8 Å². The van der Waals surface area contributed by atoms with Gasteiger partial charge >= 0.3 is 0 Å². The molecule has 1 aliphatic heterocycles.